The molecule has 1 aromatic carbocycles. The number of benzene rings is 1. The molecule has 1 aliphatic rings. The highest BCUT2D eigenvalue weighted by atomic mass is 16.5. The monoisotopic (exact) mass is 450 g/mol. The molecule has 0 atom stereocenters. The first-order valence-corrected chi connectivity index (χ1v) is 10.2. The van der Waals surface area contributed by atoms with Crippen LogP contribution in [0.5, 0.6) is 0 Å². The second kappa shape index (κ2) is 9.15. The number of nitrogen functional groups attached to an aromatic ring is 1. The topological polar surface area (TPSA) is 158 Å². The van der Waals surface area contributed by atoms with E-state index < -0.39 is 17.4 Å². The number of ether oxygens (including phenoxy) is 1. The van der Waals surface area contributed by atoms with Gasteiger partial charge in [0.1, 0.15) is 17.9 Å². The summed E-state index contributed by atoms with van der Waals surface area (Å²) in [5.74, 6) is -1.57. The van der Waals surface area contributed by atoms with E-state index in [1.807, 2.05) is 0 Å². The first kappa shape index (κ1) is 23.5. The van der Waals surface area contributed by atoms with Crippen molar-refractivity contribution in [3.63, 3.8) is 0 Å². The number of hydrogen-bond donors (Lipinski definition) is 4. The average Bonchev–Trinajstić information content (AvgIpc) is 2.94. The summed E-state index contributed by atoms with van der Waals surface area (Å²) in [6.45, 7) is 5.33. The van der Waals surface area contributed by atoms with E-state index in [1.54, 1.807) is 51.1 Å². The van der Waals surface area contributed by atoms with Gasteiger partial charge in [-0.15, -0.1) is 0 Å². The molecular weight excluding hydrogens is 424 g/mol. The lowest BCUT2D eigenvalue weighted by Crippen LogP contribution is -2.47. The van der Waals surface area contributed by atoms with E-state index in [4.69, 9.17) is 16.2 Å². The lowest BCUT2D eigenvalue weighted by molar-refractivity contribution is 0.0696. The molecule has 1 aliphatic carbocycles. The molecule has 172 valence electrons. The number of allylic oxidation sites excluding steroid dienone is 3. The molecule has 1 aromatic heterocycles. The Morgan fingerprint density at radius 1 is 1.24 bits per heavy atom. The number of carboxylic acids is 1. The molecule has 0 radical (unpaired) electrons. The van der Waals surface area contributed by atoms with Crippen molar-refractivity contribution >= 4 is 29.5 Å². The maximum Gasteiger partial charge on any atom is 0.339 e. The van der Waals surface area contributed by atoms with Crippen molar-refractivity contribution in [2.24, 2.45) is 5.73 Å². The van der Waals surface area contributed by atoms with Crippen molar-refractivity contribution in [3.05, 3.63) is 75.8 Å². The number of aryl methyl sites for hydroxylation is 1. The molecule has 0 bridgehead atoms. The van der Waals surface area contributed by atoms with Gasteiger partial charge in [0.15, 0.2) is 0 Å². The van der Waals surface area contributed by atoms with Gasteiger partial charge in [-0.05, 0) is 51.1 Å². The van der Waals surface area contributed by atoms with Crippen LogP contribution in [0, 0.1) is 6.92 Å². The highest BCUT2D eigenvalue weighted by molar-refractivity contribution is 5.99. The number of carboxylic acid groups (broad SMARTS) is 1. The predicted molar refractivity (Wildman–Crippen MR) is 124 cm³/mol. The number of rotatable bonds is 7. The molecule has 0 saturated carbocycles. The fourth-order valence-electron chi connectivity index (χ4n) is 3.46. The van der Waals surface area contributed by atoms with Crippen LogP contribution in [0.3, 0.4) is 0 Å². The molecule has 1 heterocycles. The zero-order chi connectivity index (χ0) is 24.3. The van der Waals surface area contributed by atoms with Gasteiger partial charge in [0.2, 0.25) is 5.91 Å². The predicted octanol–water partition coefficient (Wildman–Crippen LogP) is 2.45. The first-order chi connectivity index (χ1) is 15.5. The summed E-state index contributed by atoms with van der Waals surface area (Å²) >= 11 is 0. The average molecular weight is 450 g/mol. The van der Waals surface area contributed by atoms with E-state index in [0.717, 1.165) is 0 Å². The minimum absolute atomic E-state index is 0.0193. The van der Waals surface area contributed by atoms with Gasteiger partial charge in [-0.3, -0.25) is 14.6 Å². The van der Waals surface area contributed by atoms with Crippen molar-refractivity contribution in [3.8, 4) is 0 Å². The normalized spacial score (nSPS) is 12.9. The number of aromatic carboxylic acids is 1. The summed E-state index contributed by atoms with van der Waals surface area (Å²) in [5.41, 5.74) is 12.9. The van der Waals surface area contributed by atoms with E-state index in [9.17, 15) is 19.5 Å². The Bertz CT molecular complexity index is 1200. The lowest BCUT2D eigenvalue weighted by atomic mass is 10.0. The molecule has 2 amide bonds. The van der Waals surface area contributed by atoms with Crippen molar-refractivity contribution in [2.75, 3.05) is 12.3 Å². The number of nitrogens with two attached hydrogens (primary N) is 2. The Balaban J connectivity index is 1.71. The van der Waals surface area contributed by atoms with Crippen LogP contribution in [-0.2, 0) is 11.2 Å². The smallest absolute Gasteiger partial charge is 0.339 e. The number of nitrogens with zero attached hydrogens (tertiary/aromatic N) is 1. The van der Waals surface area contributed by atoms with Gasteiger partial charge in [-0.1, -0.05) is 12.1 Å². The zero-order valence-electron chi connectivity index (χ0n) is 18.6. The molecule has 0 unspecified atom stereocenters. The fraction of sp³-hybridized carbons (Fsp3) is 0.250. The number of pyridine rings is 1. The number of primary amides is 1. The second-order valence-electron chi connectivity index (χ2n) is 8.40. The molecule has 6 N–H and O–H groups in total. The van der Waals surface area contributed by atoms with Crippen LogP contribution in [0.4, 0.5) is 5.69 Å². The second-order valence-corrected chi connectivity index (χ2v) is 8.40. The number of carbonyl (C=O) groups excluding carboxylic acids is 2. The van der Waals surface area contributed by atoms with Crippen molar-refractivity contribution in [1.82, 2.24) is 10.3 Å². The quantitative estimate of drug-likeness (QED) is 0.504. The minimum atomic E-state index is -1.13. The summed E-state index contributed by atoms with van der Waals surface area (Å²) in [6.07, 6.45) is 5.52. The van der Waals surface area contributed by atoms with Crippen LogP contribution in [0.15, 0.2) is 42.2 Å². The van der Waals surface area contributed by atoms with Crippen LogP contribution >= 0.6 is 0 Å². The third kappa shape index (κ3) is 5.38. The summed E-state index contributed by atoms with van der Waals surface area (Å²) in [4.78, 5) is 40.0. The van der Waals surface area contributed by atoms with Crippen LogP contribution in [0.1, 0.15) is 61.9 Å². The summed E-state index contributed by atoms with van der Waals surface area (Å²) in [7, 11) is 0. The van der Waals surface area contributed by atoms with Gasteiger partial charge in [0.25, 0.3) is 5.91 Å². The number of aromatic nitrogens is 1. The molecule has 2 aromatic rings. The lowest BCUT2D eigenvalue weighted by Gasteiger charge is -2.27. The van der Waals surface area contributed by atoms with Gasteiger partial charge < -0.3 is 26.6 Å². The van der Waals surface area contributed by atoms with Crippen molar-refractivity contribution < 1.29 is 24.2 Å². The van der Waals surface area contributed by atoms with Gasteiger partial charge in [0.05, 0.1) is 22.6 Å². The minimum Gasteiger partial charge on any atom is -0.495 e. The van der Waals surface area contributed by atoms with E-state index in [2.05, 4.69) is 10.3 Å². The van der Waals surface area contributed by atoms with Gasteiger partial charge >= 0.3 is 5.97 Å². The number of amides is 2. The zero-order valence-corrected chi connectivity index (χ0v) is 18.6. The third-order valence-electron chi connectivity index (χ3n) is 5.13. The number of hydrogen-bond acceptors (Lipinski definition) is 6. The van der Waals surface area contributed by atoms with Crippen LogP contribution in [0.2, 0.25) is 0 Å². The van der Waals surface area contributed by atoms with Crippen LogP contribution in [0.25, 0.3) is 6.08 Å². The van der Waals surface area contributed by atoms with E-state index in [1.165, 1.54) is 12.1 Å². The fourth-order valence-corrected chi connectivity index (χ4v) is 3.46. The Morgan fingerprint density at radius 3 is 2.61 bits per heavy atom. The Labute approximate surface area is 191 Å². The molecule has 0 aliphatic heterocycles. The standard InChI is InChI=1S/C24H26N4O5/c1-13-19(23(31)32)20(25)17-11-16(8-5-9-18(17)27-13)33-12-24(2,3)28-22(30)15-7-4-6-14(10-15)21(26)29/h4-10H,11-12H2,1-3H3,(H2,25,27)(H2,26,29)(H,28,30)(H,31,32). The van der Waals surface area contributed by atoms with Crippen molar-refractivity contribution in [2.45, 2.75) is 32.7 Å². The maximum atomic E-state index is 12.7. The van der Waals surface area contributed by atoms with Crippen LogP contribution in [-0.4, -0.2) is 40.0 Å². The van der Waals surface area contributed by atoms with Crippen LogP contribution < -0.4 is 16.8 Å². The number of fused-ring (bicyclic) bond motifs is 1. The molecule has 9 heteroatoms. The molecular formula is C24H26N4O5. The van der Waals surface area contributed by atoms with E-state index >= 15 is 0 Å². The third-order valence-corrected chi connectivity index (χ3v) is 5.13. The molecule has 3 rings (SSSR count). The van der Waals surface area contributed by atoms with Gasteiger partial charge in [-0.2, -0.15) is 0 Å². The maximum absolute atomic E-state index is 12.7. The molecule has 0 saturated heterocycles. The van der Waals surface area contributed by atoms with Gasteiger partial charge in [-0.25, -0.2) is 4.79 Å². The molecule has 0 spiro atoms. The van der Waals surface area contributed by atoms with Gasteiger partial charge in [0, 0.05) is 23.1 Å². The van der Waals surface area contributed by atoms with Crippen molar-refractivity contribution in [1.29, 1.82) is 0 Å². The highest BCUT2D eigenvalue weighted by Gasteiger charge is 2.25. The number of anilines is 1. The Kier molecular flexibility index (Phi) is 6.52. The number of nitrogens with one attached hydrogen (secondary N) is 1. The summed E-state index contributed by atoms with van der Waals surface area (Å²) in [6, 6.07) is 6.15. The largest absolute Gasteiger partial charge is 0.495 e. The molecule has 33 heavy (non-hydrogen) atoms. The Morgan fingerprint density at radius 2 is 1.94 bits per heavy atom. The number of carbonyl (C=O) groups is 3. The Hall–Kier alpha value is -4.14. The molecule has 0 fully saturated rings. The van der Waals surface area contributed by atoms with E-state index in [0.29, 0.717) is 28.3 Å². The summed E-state index contributed by atoms with van der Waals surface area (Å²) < 4.78 is 5.96. The molecule has 9 nitrogen and oxygen atoms in total. The SMILES string of the molecule is Cc1nc2c(c(N)c1C(=O)O)CC(OCC(C)(C)NC(=O)c1cccc(C(N)=O)c1)=CC=C2. The highest BCUT2D eigenvalue weighted by Crippen LogP contribution is 2.29. The first-order valence-electron chi connectivity index (χ1n) is 10.2. The van der Waals surface area contributed by atoms with E-state index in [-0.39, 0.29) is 35.7 Å². The summed E-state index contributed by atoms with van der Waals surface area (Å²) in [5, 5.41) is 12.3.